The highest BCUT2D eigenvalue weighted by Crippen LogP contribution is 2.32. The fourth-order valence-corrected chi connectivity index (χ4v) is 3.78. The maximum absolute atomic E-state index is 12.0. The van der Waals surface area contributed by atoms with E-state index in [1.54, 1.807) is 0 Å². The summed E-state index contributed by atoms with van der Waals surface area (Å²) in [5, 5.41) is 0. The first kappa shape index (κ1) is 14.8. The molecule has 2 fully saturated rings. The lowest BCUT2D eigenvalue weighted by Gasteiger charge is -2.38. The van der Waals surface area contributed by atoms with Crippen molar-refractivity contribution in [2.24, 2.45) is 5.92 Å². The number of piperidine rings is 1. The molecule has 108 valence electrons. The van der Waals surface area contributed by atoms with Gasteiger partial charge in [-0.25, -0.2) is 0 Å². The van der Waals surface area contributed by atoms with Crippen LogP contribution in [0, 0.1) is 5.92 Å². The van der Waals surface area contributed by atoms with Gasteiger partial charge in [-0.15, -0.1) is 6.58 Å². The van der Waals surface area contributed by atoms with Gasteiger partial charge in [0.1, 0.15) is 5.78 Å². The zero-order valence-corrected chi connectivity index (χ0v) is 12.3. The first-order valence-electron chi connectivity index (χ1n) is 8.20. The van der Waals surface area contributed by atoms with Crippen molar-refractivity contribution in [3.63, 3.8) is 0 Å². The molecule has 0 bridgehead atoms. The van der Waals surface area contributed by atoms with Crippen molar-refractivity contribution in [1.29, 1.82) is 0 Å². The van der Waals surface area contributed by atoms with E-state index in [1.165, 1.54) is 51.6 Å². The Bertz CT molecular complexity index is 300. The van der Waals surface area contributed by atoms with Crippen LogP contribution in [0.25, 0.3) is 0 Å². The molecule has 0 radical (unpaired) electrons. The highest BCUT2D eigenvalue weighted by Gasteiger charge is 2.36. The van der Waals surface area contributed by atoms with E-state index >= 15 is 0 Å². The van der Waals surface area contributed by atoms with E-state index in [1.807, 2.05) is 6.08 Å². The topological polar surface area (TPSA) is 20.3 Å². The highest BCUT2D eigenvalue weighted by molar-refractivity contribution is 5.83. The first-order valence-corrected chi connectivity index (χ1v) is 8.20. The lowest BCUT2D eigenvalue weighted by Crippen LogP contribution is -2.45. The van der Waals surface area contributed by atoms with Crippen LogP contribution in [0.5, 0.6) is 0 Å². The zero-order chi connectivity index (χ0) is 13.5. The van der Waals surface area contributed by atoms with E-state index in [-0.39, 0.29) is 0 Å². The summed E-state index contributed by atoms with van der Waals surface area (Å²) in [5.41, 5.74) is 0. The fraction of sp³-hybridized carbons (Fsp3) is 0.824. The van der Waals surface area contributed by atoms with Crippen molar-refractivity contribution in [3.8, 4) is 0 Å². The lowest BCUT2D eigenvalue weighted by molar-refractivity contribution is -0.123. The van der Waals surface area contributed by atoms with Crippen molar-refractivity contribution in [1.82, 2.24) is 4.90 Å². The Morgan fingerprint density at radius 1 is 1.16 bits per heavy atom. The highest BCUT2D eigenvalue weighted by atomic mass is 16.1. The number of Topliss-reactive ketones (excluding diaryl/α,β-unsaturated/α-hetero) is 1. The third-order valence-electron chi connectivity index (χ3n) is 4.83. The number of carbonyl (C=O) groups is 1. The summed E-state index contributed by atoms with van der Waals surface area (Å²) >= 11 is 0. The lowest BCUT2D eigenvalue weighted by atomic mass is 9.88. The maximum Gasteiger partial charge on any atom is 0.137 e. The molecule has 2 aliphatic rings. The van der Waals surface area contributed by atoms with Gasteiger partial charge in [0.05, 0.1) is 0 Å². The summed E-state index contributed by atoms with van der Waals surface area (Å²) in [6.45, 7) is 6.19. The number of unbranched alkanes of at least 4 members (excludes halogenated alkanes) is 3. The van der Waals surface area contributed by atoms with E-state index in [0.717, 1.165) is 25.7 Å². The Morgan fingerprint density at radius 3 is 2.79 bits per heavy atom. The number of ketones is 1. The largest absolute Gasteiger partial charge is 0.300 e. The smallest absolute Gasteiger partial charge is 0.137 e. The molecular formula is C17H29NO. The zero-order valence-electron chi connectivity index (χ0n) is 12.3. The van der Waals surface area contributed by atoms with E-state index < -0.39 is 0 Å². The number of hydrogen-bond acceptors (Lipinski definition) is 2. The van der Waals surface area contributed by atoms with Crippen LogP contribution in [-0.2, 0) is 4.79 Å². The van der Waals surface area contributed by atoms with Gasteiger partial charge < -0.3 is 0 Å². The van der Waals surface area contributed by atoms with Gasteiger partial charge in [-0.05, 0) is 58.0 Å². The minimum atomic E-state index is 0.369. The minimum absolute atomic E-state index is 0.369. The summed E-state index contributed by atoms with van der Waals surface area (Å²) in [6, 6.07) is 0.572. The van der Waals surface area contributed by atoms with Gasteiger partial charge in [-0.3, -0.25) is 9.69 Å². The van der Waals surface area contributed by atoms with Crippen LogP contribution in [0.15, 0.2) is 12.7 Å². The molecule has 2 atom stereocenters. The normalized spacial score (nSPS) is 28.7. The Labute approximate surface area is 118 Å². The van der Waals surface area contributed by atoms with Gasteiger partial charge in [0, 0.05) is 18.4 Å². The maximum atomic E-state index is 12.0. The van der Waals surface area contributed by atoms with Crippen LogP contribution in [-0.4, -0.2) is 29.8 Å². The summed E-state index contributed by atoms with van der Waals surface area (Å²) in [5.74, 6) is 0.914. The Morgan fingerprint density at radius 2 is 2.05 bits per heavy atom. The summed E-state index contributed by atoms with van der Waals surface area (Å²) in [7, 11) is 0. The molecule has 1 heterocycles. The molecule has 0 aromatic rings. The molecule has 0 N–H and O–H groups in total. The van der Waals surface area contributed by atoms with Crippen LogP contribution < -0.4 is 0 Å². The number of allylic oxidation sites excluding steroid dienone is 1. The van der Waals surface area contributed by atoms with E-state index in [9.17, 15) is 4.79 Å². The molecule has 0 spiro atoms. The SMILES string of the molecule is C=CCCCCCN1CCCCC1C1CCCC1=O. The van der Waals surface area contributed by atoms with Crippen LogP contribution in [0.2, 0.25) is 0 Å². The molecule has 1 aliphatic heterocycles. The standard InChI is InChI=1S/C17H29NO/c1-2-3-4-5-7-13-18-14-8-6-11-16(18)15-10-9-12-17(15)19/h2,15-16H,1,3-14H2. The second kappa shape index (κ2) is 7.84. The molecule has 2 heteroatoms. The molecule has 0 aromatic heterocycles. The fourth-order valence-electron chi connectivity index (χ4n) is 3.78. The number of rotatable bonds is 7. The van der Waals surface area contributed by atoms with Crippen LogP contribution in [0.4, 0.5) is 0 Å². The predicted molar refractivity (Wildman–Crippen MR) is 80.2 cm³/mol. The number of nitrogens with zero attached hydrogens (tertiary/aromatic N) is 1. The average molecular weight is 263 g/mol. The molecule has 2 nitrogen and oxygen atoms in total. The Hall–Kier alpha value is -0.630. The van der Waals surface area contributed by atoms with E-state index in [0.29, 0.717) is 17.7 Å². The molecular weight excluding hydrogens is 234 g/mol. The van der Waals surface area contributed by atoms with Crippen LogP contribution in [0.1, 0.15) is 64.2 Å². The van der Waals surface area contributed by atoms with Gasteiger partial charge in [0.15, 0.2) is 0 Å². The first-order chi connectivity index (χ1) is 9.33. The molecule has 1 aliphatic carbocycles. The van der Waals surface area contributed by atoms with Gasteiger partial charge >= 0.3 is 0 Å². The van der Waals surface area contributed by atoms with Crippen molar-refractivity contribution in [2.45, 2.75) is 70.3 Å². The van der Waals surface area contributed by atoms with Crippen molar-refractivity contribution in [3.05, 3.63) is 12.7 Å². The quantitative estimate of drug-likeness (QED) is 0.512. The molecule has 19 heavy (non-hydrogen) atoms. The minimum Gasteiger partial charge on any atom is -0.300 e. The second-order valence-electron chi connectivity index (χ2n) is 6.20. The van der Waals surface area contributed by atoms with Gasteiger partial charge in [-0.1, -0.05) is 18.9 Å². The summed E-state index contributed by atoms with van der Waals surface area (Å²) in [6.07, 6.45) is 14.0. The monoisotopic (exact) mass is 263 g/mol. The average Bonchev–Trinajstić information content (AvgIpc) is 2.85. The van der Waals surface area contributed by atoms with Gasteiger partial charge in [-0.2, -0.15) is 0 Å². The van der Waals surface area contributed by atoms with Crippen molar-refractivity contribution < 1.29 is 4.79 Å². The summed E-state index contributed by atoms with van der Waals surface area (Å²) < 4.78 is 0. The van der Waals surface area contributed by atoms with Gasteiger partial charge in [0.25, 0.3) is 0 Å². The Balaban J connectivity index is 1.78. The number of likely N-dealkylation sites (tertiary alicyclic amines) is 1. The summed E-state index contributed by atoms with van der Waals surface area (Å²) in [4.78, 5) is 14.6. The Kier molecular flexibility index (Phi) is 6.09. The third kappa shape index (κ3) is 4.17. The molecule has 0 amide bonds. The second-order valence-corrected chi connectivity index (χ2v) is 6.20. The molecule has 2 unspecified atom stereocenters. The molecule has 1 saturated carbocycles. The molecule has 0 aromatic carbocycles. The van der Waals surface area contributed by atoms with E-state index in [2.05, 4.69) is 11.5 Å². The number of carbonyl (C=O) groups excluding carboxylic acids is 1. The molecule has 1 saturated heterocycles. The van der Waals surface area contributed by atoms with Crippen LogP contribution in [0.3, 0.4) is 0 Å². The van der Waals surface area contributed by atoms with Crippen LogP contribution >= 0.6 is 0 Å². The predicted octanol–water partition coefficient (Wildman–Crippen LogP) is 3.96. The van der Waals surface area contributed by atoms with Gasteiger partial charge in [0.2, 0.25) is 0 Å². The van der Waals surface area contributed by atoms with Crippen molar-refractivity contribution >= 4 is 5.78 Å². The number of hydrogen-bond donors (Lipinski definition) is 0. The third-order valence-corrected chi connectivity index (χ3v) is 4.83. The van der Waals surface area contributed by atoms with Crippen molar-refractivity contribution in [2.75, 3.05) is 13.1 Å². The van der Waals surface area contributed by atoms with E-state index in [4.69, 9.17) is 0 Å². The molecule has 2 rings (SSSR count).